The summed E-state index contributed by atoms with van der Waals surface area (Å²) in [5.41, 5.74) is 8.03. The predicted molar refractivity (Wildman–Crippen MR) is 138 cm³/mol. The van der Waals surface area contributed by atoms with E-state index in [2.05, 4.69) is 46.3 Å². The number of carbonyl (C=O) groups is 1. The molecule has 166 valence electrons. The van der Waals surface area contributed by atoms with Gasteiger partial charge < -0.3 is 14.4 Å². The van der Waals surface area contributed by atoms with Crippen molar-refractivity contribution in [3.63, 3.8) is 0 Å². The number of rotatable bonds is 6. The Kier molecular flexibility index (Phi) is 6.79. The number of aromatic hydroxyl groups is 1. The minimum atomic E-state index is -0.314. The topological polar surface area (TPSA) is 75.8 Å². The molecule has 0 spiro atoms. The maximum absolute atomic E-state index is 12.5. The molecule has 0 saturated heterocycles. The number of methoxy groups -OCH3 is 1. The van der Waals surface area contributed by atoms with Crippen LogP contribution in [0.2, 0.25) is 0 Å². The normalized spacial score (nSPS) is 11.0. The first-order valence-corrected chi connectivity index (χ1v) is 11.3. The van der Waals surface area contributed by atoms with Crippen molar-refractivity contribution >= 4 is 34.7 Å². The summed E-state index contributed by atoms with van der Waals surface area (Å²) in [6.45, 7) is 2.06. The molecule has 0 aliphatic rings. The van der Waals surface area contributed by atoms with Gasteiger partial charge in [0, 0.05) is 16.9 Å². The number of amides is 1. The number of aryl methyl sites for hydroxylation is 1. The Morgan fingerprint density at radius 3 is 2.48 bits per heavy atom. The number of nitrogens with zero attached hydrogens (tertiary/aromatic N) is 2. The average Bonchev–Trinajstić information content (AvgIpc) is 3.23. The maximum atomic E-state index is 12.5. The molecular weight excluding hydrogens is 529 g/mol. The average molecular weight is 551 g/mol. The van der Waals surface area contributed by atoms with Crippen LogP contribution in [0.3, 0.4) is 0 Å². The molecule has 0 bridgehead atoms. The number of aromatic nitrogens is 1. The van der Waals surface area contributed by atoms with E-state index in [0.29, 0.717) is 20.4 Å². The van der Waals surface area contributed by atoms with Crippen molar-refractivity contribution in [2.24, 2.45) is 5.10 Å². The Bertz CT molecular complexity index is 1310. The zero-order chi connectivity index (χ0) is 23.4. The second kappa shape index (κ2) is 9.91. The van der Waals surface area contributed by atoms with Gasteiger partial charge in [-0.15, -0.1) is 0 Å². The highest BCUT2D eigenvalue weighted by Crippen LogP contribution is 2.32. The second-order valence-electron chi connectivity index (χ2n) is 7.36. The third kappa shape index (κ3) is 4.93. The smallest absolute Gasteiger partial charge is 0.271 e. The first-order valence-electron chi connectivity index (χ1n) is 10.2. The number of phenols is 1. The van der Waals surface area contributed by atoms with Crippen LogP contribution in [0.1, 0.15) is 21.6 Å². The van der Waals surface area contributed by atoms with Crippen molar-refractivity contribution in [2.75, 3.05) is 7.11 Å². The number of halogens is 1. The summed E-state index contributed by atoms with van der Waals surface area (Å²) >= 11 is 2.01. The Morgan fingerprint density at radius 2 is 1.79 bits per heavy atom. The van der Waals surface area contributed by atoms with Crippen LogP contribution in [0.15, 0.2) is 84.0 Å². The lowest BCUT2D eigenvalue weighted by Gasteiger charge is -2.12. The monoisotopic (exact) mass is 551 g/mol. The molecule has 0 saturated carbocycles. The minimum Gasteiger partial charge on any atom is -0.504 e. The molecule has 3 aromatic carbocycles. The molecular formula is C26H22IN3O3. The fourth-order valence-corrected chi connectivity index (χ4v) is 4.16. The van der Waals surface area contributed by atoms with Gasteiger partial charge in [0.25, 0.3) is 5.91 Å². The summed E-state index contributed by atoms with van der Waals surface area (Å²) in [7, 11) is 1.48. The molecule has 2 N–H and O–H groups in total. The highest BCUT2D eigenvalue weighted by atomic mass is 127. The summed E-state index contributed by atoms with van der Waals surface area (Å²) < 4.78 is 7.94. The van der Waals surface area contributed by atoms with E-state index >= 15 is 0 Å². The van der Waals surface area contributed by atoms with Gasteiger partial charge in [-0.3, -0.25) is 4.79 Å². The largest absolute Gasteiger partial charge is 0.504 e. The number of hydrazone groups is 1. The summed E-state index contributed by atoms with van der Waals surface area (Å²) in [5.74, 6) is 0.110. The van der Waals surface area contributed by atoms with Gasteiger partial charge >= 0.3 is 0 Å². The Balaban J connectivity index is 1.50. The van der Waals surface area contributed by atoms with Crippen molar-refractivity contribution in [2.45, 2.75) is 6.92 Å². The van der Waals surface area contributed by atoms with E-state index in [1.165, 1.54) is 13.3 Å². The third-order valence-corrected chi connectivity index (χ3v) is 6.01. The molecule has 1 heterocycles. The van der Waals surface area contributed by atoms with E-state index < -0.39 is 0 Å². The SMILES string of the molecule is COc1cc(/C=N/NC(=O)c2ccc(-n3c(C)ccc3-c3ccccc3)cc2)cc(I)c1O. The van der Waals surface area contributed by atoms with E-state index in [1.807, 2.05) is 52.9 Å². The third-order valence-electron chi connectivity index (χ3n) is 5.18. The first kappa shape index (κ1) is 22.6. The Hall–Kier alpha value is -3.59. The van der Waals surface area contributed by atoms with Crippen LogP contribution < -0.4 is 10.2 Å². The maximum Gasteiger partial charge on any atom is 0.271 e. The number of carbonyl (C=O) groups excluding carboxylic acids is 1. The molecule has 1 amide bonds. The summed E-state index contributed by atoms with van der Waals surface area (Å²) in [6, 6.07) is 25.2. The van der Waals surface area contributed by atoms with Gasteiger partial charge in [-0.1, -0.05) is 30.3 Å². The van der Waals surface area contributed by atoms with Crippen LogP contribution >= 0.6 is 22.6 Å². The predicted octanol–water partition coefficient (Wildman–Crippen LogP) is 5.54. The summed E-state index contributed by atoms with van der Waals surface area (Å²) in [4.78, 5) is 12.5. The standard InChI is InChI=1S/C26H22IN3O3/c1-17-8-13-23(19-6-4-3-5-7-19)30(17)21-11-9-20(10-12-21)26(32)29-28-16-18-14-22(27)25(31)24(15-18)33-2/h3-16,31H,1-2H3,(H,29,32)/b28-16+. The van der Waals surface area contributed by atoms with E-state index in [4.69, 9.17) is 4.74 Å². The molecule has 0 unspecified atom stereocenters. The lowest BCUT2D eigenvalue weighted by Crippen LogP contribution is -2.17. The van der Waals surface area contributed by atoms with Gasteiger partial charge in [0.05, 0.1) is 22.6 Å². The molecule has 0 fully saturated rings. The number of phenolic OH excluding ortho intramolecular Hbond substituents is 1. The molecule has 6 nitrogen and oxygen atoms in total. The van der Waals surface area contributed by atoms with E-state index in [0.717, 1.165) is 22.6 Å². The fourth-order valence-electron chi connectivity index (χ4n) is 3.53. The number of benzene rings is 3. The lowest BCUT2D eigenvalue weighted by atomic mass is 10.1. The van der Waals surface area contributed by atoms with Crippen LogP contribution in [0.5, 0.6) is 11.5 Å². The zero-order valence-electron chi connectivity index (χ0n) is 18.1. The van der Waals surface area contributed by atoms with Gasteiger partial charge in [0.1, 0.15) is 0 Å². The van der Waals surface area contributed by atoms with E-state index in [-0.39, 0.29) is 11.7 Å². The highest BCUT2D eigenvalue weighted by molar-refractivity contribution is 14.1. The van der Waals surface area contributed by atoms with Gasteiger partial charge in [-0.2, -0.15) is 5.10 Å². The van der Waals surface area contributed by atoms with Crippen LogP contribution in [0.25, 0.3) is 16.9 Å². The van der Waals surface area contributed by atoms with Crippen molar-refractivity contribution in [1.82, 2.24) is 9.99 Å². The van der Waals surface area contributed by atoms with Crippen LogP contribution in [0, 0.1) is 10.5 Å². The first-order chi connectivity index (χ1) is 16.0. The molecule has 0 aliphatic heterocycles. The zero-order valence-corrected chi connectivity index (χ0v) is 20.3. The molecule has 4 rings (SSSR count). The minimum absolute atomic E-state index is 0.0766. The van der Waals surface area contributed by atoms with Crippen molar-refractivity contribution in [3.05, 3.63) is 99.3 Å². The van der Waals surface area contributed by atoms with Gasteiger partial charge in [0.15, 0.2) is 11.5 Å². The van der Waals surface area contributed by atoms with Gasteiger partial charge in [-0.25, -0.2) is 5.43 Å². The molecule has 0 atom stereocenters. The van der Waals surface area contributed by atoms with Gasteiger partial charge in [0.2, 0.25) is 0 Å². The van der Waals surface area contributed by atoms with Crippen LogP contribution in [-0.2, 0) is 0 Å². The van der Waals surface area contributed by atoms with Crippen molar-refractivity contribution in [1.29, 1.82) is 0 Å². The van der Waals surface area contributed by atoms with E-state index in [9.17, 15) is 9.90 Å². The lowest BCUT2D eigenvalue weighted by molar-refractivity contribution is 0.0955. The molecule has 4 aromatic rings. The van der Waals surface area contributed by atoms with E-state index in [1.54, 1.807) is 24.3 Å². The van der Waals surface area contributed by atoms with Crippen molar-refractivity contribution < 1.29 is 14.6 Å². The van der Waals surface area contributed by atoms with Crippen LogP contribution in [-0.4, -0.2) is 28.9 Å². The summed E-state index contributed by atoms with van der Waals surface area (Å²) in [6.07, 6.45) is 1.51. The Morgan fingerprint density at radius 1 is 1.06 bits per heavy atom. The number of hydrogen-bond donors (Lipinski definition) is 2. The number of ether oxygens (including phenoxy) is 1. The quantitative estimate of drug-likeness (QED) is 0.188. The molecule has 0 radical (unpaired) electrons. The number of nitrogens with one attached hydrogen (secondary N) is 1. The second-order valence-corrected chi connectivity index (χ2v) is 8.52. The van der Waals surface area contributed by atoms with Crippen LogP contribution in [0.4, 0.5) is 0 Å². The molecule has 1 aromatic heterocycles. The van der Waals surface area contributed by atoms with Gasteiger partial charge in [-0.05, 0) is 89.2 Å². The highest BCUT2D eigenvalue weighted by Gasteiger charge is 2.11. The van der Waals surface area contributed by atoms with Crippen molar-refractivity contribution in [3.8, 4) is 28.4 Å². The molecule has 0 aliphatic carbocycles. The number of hydrogen-bond acceptors (Lipinski definition) is 4. The fraction of sp³-hybridized carbons (Fsp3) is 0.0769. The molecule has 33 heavy (non-hydrogen) atoms. The molecule has 7 heteroatoms. The Labute approximate surface area is 205 Å². The summed E-state index contributed by atoms with van der Waals surface area (Å²) in [5, 5.41) is 14.0.